The monoisotopic (exact) mass is 401 g/mol. The van der Waals surface area contributed by atoms with Crippen molar-refractivity contribution in [1.29, 1.82) is 0 Å². The largest absolute Gasteiger partial charge is 0.444 e. The van der Waals surface area contributed by atoms with E-state index in [0.29, 0.717) is 15.6 Å². The van der Waals surface area contributed by atoms with Gasteiger partial charge in [-0.25, -0.2) is 4.79 Å². The Kier molecular flexibility index (Phi) is 6.18. The van der Waals surface area contributed by atoms with Crippen LogP contribution in [0.15, 0.2) is 12.1 Å². The zero-order valence-electron chi connectivity index (χ0n) is 15.5. The highest BCUT2D eigenvalue weighted by molar-refractivity contribution is 7.18. The number of rotatable bonds is 3. The fourth-order valence-electron chi connectivity index (χ4n) is 2.69. The number of hydrogen-bond donors (Lipinski definition) is 1. The normalized spacial score (nSPS) is 20.0. The second-order valence-corrected chi connectivity index (χ2v) is 9.11. The zero-order chi connectivity index (χ0) is 19.6. The van der Waals surface area contributed by atoms with Crippen molar-refractivity contribution < 1.29 is 19.1 Å². The van der Waals surface area contributed by atoms with Crippen molar-refractivity contribution in [3.05, 3.63) is 21.3 Å². The van der Waals surface area contributed by atoms with E-state index in [2.05, 4.69) is 5.32 Å². The Morgan fingerprint density at radius 3 is 2.46 bits per heavy atom. The van der Waals surface area contributed by atoms with Crippen LogP contribution < -0.4 is 5.32 Å². The molecule has 1 aromatic rings. The van der Waals surface area contributed by atoms with Gasteiger partial charge >= 0.3 is 6.09 Å². The molecule has 1 fully saturated rings. The number of nitrogens with zero attached hydrogens (tertiary/aromatic N) is 2. The third kappa shape index (κ3) is 5.11. The number of halogens is 1. The molecule has 1 saturated heterocycles. The molecular weight excluding hydrogens is 378 g/mol. The van der Waals surface area contributed by atoms with Crippen LogP contribution in [0.2, 0.25) is 4.34 Å². The lowest BCUT2D eigenvalue weighted by atomic mass is 10.1. The van der Waals surface area contributed by atoms with Gasteiger partial charge in [-0.1, -0.05) is 11.6 Å². The minimum Gasteiger partial charge on any atom is -0.444 e. The van der Waals surface area contributed by atoms with E-state index in [1.54, 1.807) is 47.0 Å². The fourth-order valence-corrected chi connectivity index (χ4v) is 3.63. The molecule has 144 valence electrons. The number of carbonyl (C=O) groups excluding carboxylic acids is 3. The maximum atomic E-state index is 12.5. The summed E-state index contributed by atoms with van der Waals surface area (Å²) in [5, 5.41) is 2.87. The Bertz CT molecular complexity index is 698. The van der Waals surface area contributed by atoms with E-state index < -0.39 is 17.7 Å². The molecule has 26 heavy (non-hydrogen) atoms. The molecule has 0 bridgehead atoms. The molecule has 2 heterocycles. The van der Waals surface area contributed by atoms with Crippen molar-refractivity contribution >= 4 is 40.8 Å². The summed E-state index contributed by atoms with van der Waals surface area (Å²) in [6.07, 6.45) is -0.227. The first-order valence-corrected chi connectivity index (χ1v) is 9.44. The number of hydrogen-bond acceptors (Lipinski definition) is 5. The van der Waals surface area contributed by atoms with Crippen LogP contribution in [0.1, 0.15) is 36.9 Å². The number of thiophene rings is 1. The van der Waals surface area contributed by atoms with Gasteiger partial charge in [0, 0.05) is 26.7 Å². The quantitative estimate of drug-likeness (QED) is 0.844. The van der Waals surface area contributed by atoms with Gasteiger partial charge in [0.1, 0.15) is 11.6 Å². The molecule has 2 atom stereocenters. The Hall–Kier alpha value is -1.80. The molecule has 0 aliphatic carbocycles. The third-order valence-corrected chi connectivity index (χ3v) is 5.02. The van der Waals surface area contributed by atoms with Crippen molar-refractivity contribution in [2.24, 2.45) is 0 Å². The van der Waals surface area contributed by atoms with Gasteiger partial charge in [-0.3, -0.25) is 14.5 Å². The molecule has 2 rings (SSSR count). The number of carbonyl (C=O) groups is 3. The Balaban J connectivity index is 2.12. The van der Waals surface area contributed by atoms with E-state index in [0.717, 1.165) is 0 Å². The van der Waals surface area contributed by atoms with Crippen LogP contribution in [0.25, 0.3) is 0 Å². The number of likely N-dealkylation sites (N-methyl/N-ethyl adjacent to an activating group) is 1. The molecule has 0 spiro atoms. The summed E-state index contributed by atoms with van der Waals surface area (Å²) in [7, 11) is 3.27. The van der Waals surface area contributed by atoms with Crippen molar-refractivity contribution in [2.45, 2.75) is 44.9 Å². The molecule has 1 N–H and O–H groups in total. The van der Waals surface area contributed by atoms with Crippen LogP contribution in [-0.2, 0) is 9.53 Å². The summed E-state index contributed by atoms with van der Waals surface area (Å²) in [6, 6.07) is 2.29. The average Bonchev–Trinajstić information content (AvgIpc) is 3.11. The lowest BCUT2D eigenvalue weighted by Crippen LogP contribution is -2.47. The van der Waals surface area contributed by atoms with Gasteiger partial charge in [0.25, 0.3) is 5.91 Å². The highest BCUT2D eigenvalue weighted by Crippen LogP contribution is 2.25. The standard InChI is InChI=1S/C17H24ClN3O4S/c1-17(2,3)25-16(24)21-9-10(8-11(21)15(23)20(4)5)19-14(22)12-6-7-13(18)26-12/h6-7,10-11H,8-9H2,1-5H3,(H,19,22)/t10-,11+/m1/s1. The maximum Gasteiger partial charge on any atom is 0.411 e. The van der Waals surface area contributed by atoms with Crippen molar-refractivity contribution in [3.63, 3.8) is 0 Å². The first-order valence-electron chi connectivity index (χ1n) is 8.25. The van der Waals surface area contributed by atoms with Crippen molar-refractivity contribution in [3.8, 4) is 0 Å². The van der Waals surface area contributed by atoms with Gasteiger partial charge in [-0.15, -0.1) is 11.3 Å². The maximum absolute atomic E-state index is 12.5. The van der Waals surface area contributed by atoms with E-state index in [-0.39, 0.29) is 24.4 Å². The van der Waals surface area contributed by atoms with Crippen LogP contribution in [0.4, 0.5) is 4.79 Å². The SMILES string of the molecule is CN(C)C(=O)[C@@H]1C[C@@H](NC(=O)c2ccc(Cl)s2)CN1C(=O)OC(C)(C)C. The second-order valence-electron chi connectivity index (χ2n) is 7.39. The molecule has 7 nitrogen and oxygen atoms in total. The molecule has 1 aromatic heterocycles. The fraction of sp³-hybridized carbons (Fsp3) is 0.588. The molecular formula is C17H24ClN3O4S. The van der Waals surface area contributed by atoms with Crippen LogP contribution >= 0.6 is 22.9 Å². The van der Waals surface area contributed by atoms with Gasteiger partial charge < -0.3 is 15.0 Å². The van der Waals surface area contributed by atoms with Crippen molar-refractivity contribution in [1.82, 2.24) is 15.1 Å². The van der Waals surface area contributed by atoms with E-state index in [9.17, 15) is 14.4 Å². The smallest absolute Gasteiger partial charge is 0.411 e. The van der Waals surface area contributed by atoms with Crippen LogP contribution in [0.5, 0.6) is 0 Å². The summed E-state index contributed by atoms with van der Waals surface area (Å²) < 4.78 is 5.94. The number of nitrogens with one attached hydrogen (secondary N) is 1. The van der Waals surface area contributed by atoms with E-state index >= 15 is 0 Å². The summed E-state index contributed by atoms with van der Waals surface area (Å²) in [4.78, 5) is 40.6. The van der Waals surface area contributed by atoms with Crippen molar-refractivity contribution in [2.75, 3.05) is 20.6 Å². The number of likely N-dealkylation sites (tertiary alicyclic amines) is 1. The van der Waals surface area contributed by atoms with Crippen LogP contribution in [0, 0.1) is 0 Å². The van der Waals surface area contributed by atoms with E-state index in [1.807, 2.05) is 0 Å². The lowest BCUT2D eigenvalue weighted by molar-refractivity contribution is -0.133. The van der Waals surface area contributed by atoms with Gasteiger partial charge in [-0.2, -0.15) is 0 Å². The Morgan fingerprint density at radius 1 is 1.31 bits per heavy atom. The van der Waals surface area contributed by atoms with Gasteiger partial charge in [0.05, 0.1) is 9.21 Å². The zero-order valence-corrected chi connectivity index (χ0v) is 17.1. The minimum atomic E-state index is -0.669. The summed E-state index contributed by atoms with van der Waals surface area (Å²) in [5.74, 6) is -0.472. The number of ether oxygens (including phenoxy) is 1. The lowest BCUT2D eigenvalue weighted by Gasteiger charge is -2.29. The Labute approximate surface area is 162 Å². The van der Waals surface area contributed by atoms with E-state index in [4.69, 9.17) is 16.3 Å². The molecule has 1 aliphatic heterocycles. The van der Waals surface area contributed by atoms with Gasteiger partial charge in [0.2, 0.25) is 5.91 Å². The molecule has 1 aliphatic rings. The molecule has 0 radical (unpaired) electrons. The topological polar surface area (TPSA) is 79.0 Å². The highest BCUT2D eigenvalue weighted by atomic mass is 35.5. The average molecular weight is 402 g/mol. The molecule has 0 saturated carbocycles. The summed E-state index contributed by atoms with van der Waals surface area (Å²) >= 11 is 7.04. The van der Waals surface area contributed by atoms with Crippen LogP contribution in [-0.4, -0.2) is 66.0 Å². The van der Waals surface area contributed by atoms with Gasteiger partial charge in [-0.05, 0) is 39.3 Å². The van der Waals surface area contributed by atoms with Gasteiger partial charge in [0.15, 0.2) is 0 Å². The molecule has 9 heteroatoms. The highest BCUT2D eigenvalue weighted by Gasteiger charge is 2.42. The number of amides is 3. The molecule has 0 aromatic carbocycles. The first-order chi connectivity index (χ1) is 12.0. The second kappa shape index (κ2) is 7.84. The predicted octanol–water partition coefficient (Wildman–Crippen LogP) is 2.60. The van der Waals surface area contributed by atoms with E-state index in [1.165, 1.54) is 21.1 Å². The predicted molar refractivity (Wildman–Crippen MR) is 101 cm³/mol. The summed E-state index contributed by atoms with van der Waals surface area (Å²) in [6.45, 7) is 5.51. The first kappa shape index (κ1) is 20.5. The minimum absolute atomic E-state index is 0.202. The molecule has 0 unspecified atom stereocenters. The third-order valence-electron chi connectivity index (χ3n) is 3.79. The summed E-state index contributed by atoms with van der Waals surface area (Å²) in [5.41, 5.74) is -0.669. The van der Waals surface area contributed by atoms with Crippen LogP contribution in [0.3, 0.4) is 0 Å². The molecule has 3 amide bonds. The Morgan fingerprint density at radius 2 is 1.96 bits per heavy atom.